The molecule has 0 unspecified atom stereocenters. The van der Waals surface area contributed by atoms with Gasteiger partial charge in [-0.25, -0.2) is 0 Å². The molecule has 0 saturated carbocycles. The summed E-state index contributed by atoms with van der Waals surface area (Å²) in [5.74, 6) is 0.00152. The minimum atomic E-state index is 0.00152. The SMILES string of the molecule is O=C(N[C@@H]1C[C@H]2CC[C@@H]1N2)c1ccc(Sc2nc(Cl)co2)s1. The lowest BCUT2D eigenvalue weighted by molar-refractivity contribution is 0.0935. The first-order valence-corrected chi connectivity index (χ1v) is 9.14. The fourth-order valence-corrected chi connectivity index (χ4v) is 5.10. The minimum Gasteiger partial charge on any atom is -0.438 e. The Hall–Kier alpha value is -1.02. The van der Waals surface area contributed by atoms with Crippen LogP contribution in [0.3, 0.4) is 0 Å². The number of rotatable bonds is 4. The second-order valence-corrected chi connectivity index (χ2v) is 8.24. The van der Waals surface area contributed by atoms with Crippen molar-refractivity contribution in [3.8, 4) is 0 Å². The van der Waals surface area contributed by atoms with E-state index in [0.717, 1.165) is 17.1 Å². The summed E-state index contributed by atoms with van der Waals surface area (Å²) in [6, 6.07) is 5.03. The number of nitrogens with one attached hydrogen (secondary N) is 2. The van der Waals surface area contributed by atoms with Gasteiger partial charge in [-0.3, -0.25) is 4.79 Å². The number of amides is 1. The standard InChI is InChI=1S/C14H14ClN3O2S2/c15-11-6-20-14(18-11)22-12-4-3-10(21-12)13(19)17-9-5-7-1-2-8(9)16-7/h3-4,6-9,16H,1-2,5H2,(H,17,19)/t7-,8+,9-/m1/s1. The Morgan fingerprint density at radius 3 is 3.09 bits per heavy atom. The zero-order valence-corrected chi connectivity index (χ0v) is 13.9. The van der Waals surface area contributed by atoms with Crippen molar-refractivity contribution in [3.63, 3.8) is 0 Å². The van der Waals surface area contributed by atoms with Gasteiger partial charge in [-0.05, 0) is 43.2 Å². The Kier molecular flexibility index (Phi) is 3.89. The molecule has 2 N–H and O–H groups in total. The number of carbonyl (C=O) groups excluding carboxylic acids is 1. The summed E-state index contributed by atoms with van der Waals surface area (Å²) in [4.78, 5) is 17.1. The van der Waals surface area contributed by atoms with E-state index in [-0.39, 0.29) is 11.9 Å². The van der Waals surface area contributed by atoms with E-state index in [4.69, 9.17) is 16.0 Å². The van der Waals surface area contributed by atoms with Gasteiger partial charge in [-0.2, -0.15) is 4.98 Å². The van der Waals surface area contributed by atoms with Crippen LogP contribution >= 0.6 is 34.7 Å². The number of fused-ring (bicyclic) bond motifs is 2. The van der Waals surface area contributed by atoms with Gasteiger partial charge in [0.15, 0.2) is 5.15 Å². The first-order chi connectivity index (χ1) is 10.7. The Morgan fingerprint density at radius 2 is 2.41 bits per heavy atom. The van der Waals surface area contributed by atoms with Crippen molar-refractivity contribution < 1.29 is 9.21 Å². The van der Waals surface area contributed by atoms with Gasteiger partial charge in [0.05, 0.1) is 9.09 Å². The molecule has 0 aliphatic carbocycles. The minimum absolute atomic E-state index is 0.00152. The van der Waals surface area contributed by atoms with E-state index in [1.165, 1.54) is 35.8 Å². The molecule has 4 rings (SSSR count). The highest BCUT2D eigenvalue weighted by molar-refractivity contribution is 8.01. The number of thiophene rings is 1. The van der Waals surface area contributed by atoms with Crippen LogP contribution in [0.5, 0.6) is 0 Å². The highest BCUT2D eigenvalue weighted by Gasteiger charge is 2.39. The molecule has 2 fully saturated rings. The zero-order chi connectivity index (χ0) is 15.1. The largest absolute Gasteiger partial charge is 0.438 e. The summed E-state index contributed by atoms with van der Waals surface area (Å²) in [5, 5.41) is 7.49. The molecule has 116 valence electrons. The third-order valence-corrected chi connectivity index (χ3v) is 6.32. The van der Waals surface area contributed by atoms with Crippen LogP contribution in [-0.2, 0) is 0 Å². The van der Waals surface area contributed by atoms with Crippen LogP contribution in [0.2, 0.25) is 5.15 Å². The number of oxazole rings is 1. The molecule has 22 heavy (non-hydrogen) atoms. The summed E-state index contributed by atoms with van der Waals surface area (Å²) in [7, 11) is 0. The highest BCUT2D eigenvalue weighted by atomic mass is 35.5. The summed E-state index contributed by atoms with van der Waals surface area (Å²) in [5.41, 5.74) is 0. The smallest absolute Gasteiger partial charge is 0.262 e. The lowest BCUT2D eigenvalue weighted by Crippen LogP contribution is -2.42. The fourth-order valence-electron chi connectivity index (χ4n) is 3.09. The molecular weight excluding hydrogens is 342 g/mol. The Morgan fingerprint density at radius 1 is 1.50 bits per heavy atom. The predicted molar refractivity (Wildman–Crippen MR) is 85.8 cm³/mol. The van der Waals surface area contributed by atoms with Crippen LogP contribution in [0.25, 0.3) is 0 Å². The highest BCUT2D eigenvalue weighted by Crippen LogP contribution is 2.34. The number of halogens is 1. The normalized spacial score (nSPS) is 26.5. The van der Waals surface area contributed by atoms with Gasteiger partial charge in [-0.1, -0.05) is 11.6 Å². The van der Waals surface area contributed by atoms with Crippen molar-refractivity contribution >= 4 is 40.6 Å². The molecule has 3 atom stereocenters. The molecule has 1 amide bonds. The van der Waals surface area contributed by atoms with E-state index in [0.29, 0.717) is 27.3 Å². The Bertz CT molecular complexity index is 702. The molecule has 2 bridgehead atoms. The van der Waals surface area contributed by atoms with E-state index >= 15 is 0 Å². The first kappa shape index (κ1) is 14.6. The molecule has 2 aliphatic rings. The molecule has 8 heteroatoms. The third kappa shape index (κ3) is 2.90. The quantitative estimate of drug-likeness (QED) is 0.881. The summed E-state index contributed by atoms with van der Waals surface area (Å²) < 4.78 is 6.15. The average molecular weight is 356 g/mol. The van der Waals surface area contributed by atoms with Gasteiger partial charge in [0.25, 0.3) is 11.1 Å². The van der Waals surface area contributed by atoms with Crippen LogP contribution in [0.4, 0.5) is 0 Å². The van der Waals surface area contributed by atoms with Crippen LogP contribution in [0.15, 0.2) is 32.2 Å². The average Bonchev–Trinajstić information content (AvgIpc) is 3.24. The fraction of sp³-hybridized carbons (Fsp3) is 0.429. The molecule has 0 radical (unpaired) electrons. The number of nitrogens with zero attached hydrogens (tertiary/aromatic N) is 1. The molecule has 5 nitrogen and oxygen atoms in total. The molecule has 2 aromatic heterocycles. The zero-order valence-electron chi connectivity index (χ0n) is 11.5. The van der Waals surface area contributed by atoms with E-state index in [1.54, 1.807) is 0 Å². The molecule has 0 aromatic carbocycles. The second kappa shape index (κ2) is 5.88. The number of carbonyl (C=O) groups is 1. The van der Waals surface area contributed by atoms with Crippen molar-refractivity contribution in [2.24, 2.45) is 0 Å². The van der Waals surface area contributed by atoms with Gasteiger partial charge in [0, 0.05) is 18.1 Å². The predicted octanol–water partition coefficient (Wildman–Crippen LogP) is 3.16. The summed E-state index contributed by atoms with van der Waals surface area (Å²) >= 11 is 8.52. The molecule has 0 spiro atoms. The van der Waals surface area contributed by atoms with Crippen molar-refractivity contribution in [2.75, 3.05) is 0 Å². The maximum Gasteiger partial charge on any atom is 0.262 e. The van der Waals surface area contributed by atoms with Gasteiger partial charge >= 0.3 is 0 Å². The summed E-state index contributed by atoms with van der Waals surface area (Å²) in [6.45, 7) is 0. The van der Waals surface area contributed by atoms with Crippen LogP contribution in [0, 0.1) is 0 Å². The molecule has 2 aromatic rings. The molecule has 4 heterocycles. The topological polar surface area (TPSA) is 67.2 Å². The van der Waals surface area contributed by atoms with Crippen molar-refractivity contribution in [1.82, 2.24) is 15.6 Å². The Labute approximate surface area is 140 Å². The van der Waals surface area contributed by atoms with Crippen molar-refractivity contribution in [1.29, 1.82) is 0 Å². The first-order valence-electron chi connectivity index (χ1n) is 7.13. The van der Waals surface area contributed by atoms with E-state index in [1.807, 2.05) is 12.1 Å². The number of hydrogen-bond acceptors (Lipinski definition) is 6. The second-order valence-electron chi connectivity index (χ2n) is 5.52. The van der Waals surface area contributed by atoms with E-state index < -0.39 is 0 Å². The monoisotopic (exact) mass is 355 g/mol. The maximum atomic E-state index is 12.3. The number of aromatic nitrogens is 1. The van der Waals surface area contributed by atoms with Gasteiger partial charge in [-0.15, -0.1) is 11.3 Å². The van der Waals surface area contributed by atoms with E-state index in [9.17, 15) is 4.79 Å². The Balaban J connectivity index is 1.39. The maximum absolute atomic E-state index is 12.3. The van der Waals surface area contributed by atoms with Crippen molar-refractivity contribution in [2.45, 2.75) is 46.8 Å². The molecule has 2 aliphatic heterocycles. The third-order valence-electron chi connectivity index (χ3n) is 4.06. The number of hydrogen-bond donors (Lipinski definition) is 2. The van der Waals surface area contributed by atoms with Crippen LogP contribution in [0.1, 0.15) is 28.9 Å². The molecular formula is C14H14ClN3O2S2. The van der Waals surface area contributed by atoms with Crippen LogP contribution < -0.4 is 10.6 Å². The van der Waals surface area contributed by atoms with Gasteiger partial charge in [0.1, 0.15) is 6.26 Å². The lowest BCUT2D eigenvalue weighted by atomic mass is 9.95. The molecule has 2 saturated heterocycles. The lowest BCUT2D eigenvalue weighted by Gasteiger charge is -2.20. The summed E-state index contributed by atoms with van der Waals surface area (Å²) in [6.07, 6.45) is 4.83. The van der Waals surface area contributed by atoms with Gasteiger partial charge in [0.2, 0.25) is 0 Å². The van der Waals surface area contributed by atoms with E-state index in [2.05, 4.69) is 15.6 Å². The van der Waals surface area contributed by atoms with Gasteiger partial charge < -0.3 is 15.1 Å². The van der Waals surface area contributed by atoms with Crippen LogP contribution in [-0.4, -0.2) is 29.0 Å². The van der Waals surface area contributed by atoms with Crippen molar-refractivity contribution in [3.05, 3.63) is 28.4 Å².